The van der Waals surface area contributed by atoms with Crippen molar-refractivity contribution in [1.82, 2.24) is 0 Å². The van der Waals surface area contributed by atoms with Gasteiger partial charge in [0.25, 0.3) is 0 Å². The average molecular weight is 362 g/mol. The van der Waals surface area contributed by atoms with Crippen LogP contribution in [-0.4, -0.2) is 12.8 Å². The number of rotatable bonds is 2. The molecule has 0 saturated carbocycles. The van der Waals surface area contributed by atoms with E-state index in [2.05, 4.69) is 48.8 Å². The first kappa shape index (κ1) is 22.2. The fourth-order valence-electron chi connectivity index (χ4n) is 2.45. The van der Waals surface area contributed by atoms with Crippen molar-refractivity contribution in [3.05, 3.63) is 89.7 Å². The molecule has 1 aliphatic rings. The minimum absolute atomic E-state index is 0.708. The van der Waals surface area contributed by atoms with Crippen LogP contribution in [0.3, 0.4) is 0 Å². The van der Waals surface area contributed by atoms with E-state index in [0.29, 0.717) is 5.76 Å². The van der Waals surface area contributed by atoms with Gasteiger partial charge in [-0.15, -0.1) is 0 Å². The van der Waals surface area contributed by atoms with Crippen molar-refractivity contribution in [2.45, 2.75) is 34.6 Å². The molecule has 0 radical (unpaired) electrons. The number of allylic oxidation sites excluding steroid dienone is 3. The Kier molecular flexibility index (Phi) is 9.60. The molecular weight excluding hydrogens is 330 g/mol. The molecule has 2 aromatic rings. The summed E-state index contributed by atoms with van der Waals surface area (Å²) in [6, 6.07) is 16.4. The summed E-state index contributed by atoms with van der Waals surface area (Å²) < 4.78 is 5.82. The summed E-state index contributed by atoms with van der Waals surface area (Å²) in [7, 11) is 1.79. The molecule has 0 aromatic heterocycles. The molecule has 142 valence electrons. The zero-order valence-corrected chi connectivity index (χ0v) is 17.4. The van der Waals surface area contributed by atoms with Gasteiger partial charge in [0.2, 0.25) is 0 Å². The Morgan fingerprint density at radius 3 is 2.30 bits per heavy atom. The van der Waals surface area contributed by atoms with E-state index in [1.165, 1.54) is 5.56 Å². The zero-order valence-electron chi connectivity index (χ0n) is 17.4. The van der Waals surface area contributed by atoms with Crippen molar-refractivity contribution in [2.75, 3.05) is 7.05 Å². The minimum Gasteiger partial charge on any atom is -0.457 e. The lowest BCUT2D eigenvalue weighted by Crippen LogP contribution is -2.03. The normalized spacial score (nSPS) is 12.7. The molecule has 2 heteroatoms. The summed E-state index contributed by atoms with van der Waals surface area (Å²) in [6.07, 6.45) is 6.08. The van der Waals surface area contributed by atoms with Crippen LogP contribution in [0, 0.1) is 6.92 Å². The largest absolute Gasteiger partial charge is 0.457 e. The van der Waals surface area contributed by atoms with Gasteiger partial charge in [-0.05, 0) is 50.1 Å². The summed E-state index contributed by atoms with van der Waals surface area (Å²) in [5.74, 6) is 1.60. The van der Waals surface area contributed by atoms with E-state index in [4.69, 9.17) is 4.74 Å². The van der Waals surface area contributed by atoms with Crippen molar-refractivity contribution >= 4 is 17.4 Å². The predicted molar refractivity (Wildman–Crippen MR) is 120 cm³/mol. The smallest absolute Gasteiger partial charge is 0.134 e. The first-order chi connectivity index (χ1) is 13.0. The molecule has 0 N–H and O–H groups in total. The van der Waals surface area contributed by atoms with E-state index in [1.54, 1.807) is 7.05 Å². The number of aryl methyl sites for hydroxylation is 1. The molecule has 0 atom stereocenters. The molecular formula is C25H31NO. The van der Waals surface area contributed by atoms with E-state index in [0.717, 1.165) is 28.2 Å². The Morgan fingerprint density at radius 2 is 1.74 bits per heavy atom. The molecule has 0 aliphatic carbocycles. The predicted octanol–water partition coefficient (Wildman–Crippen LogP) is 7.12. The number of ether oxygens (including phenoxy) is 1. The maximum absolute atomic E-state index is 5.82. The summed E-state index contributed by atoms with van der Waals surface area (Å²) in [6.45, 7) is 14.0. The van der Waals surface area contributed by atoms with Gasteiger partial charge in [0.1, 0.15) is 11.5 Å². The van der Waals surface area contributed by atoms with Crippen LogP contribution in [0.4, 0.5) is 0 Å². The van der Waals surface area contributed by atoms with Crippen molar-refractivity contribution in [3.8, 4) is 5.75 Å². The van der Waals surface area contributed by atoms with Gasteiger partial charge in [-0.3, -0.25) is 4.99 Å². The first-order valence-corrected chi connectivity index (χ1v) is 9.36. The highest BCUT2D eigenvalue weighted by Crippen LogP contribution is 2.36. The molecule has 0 saturated heterocycles. The second-order valence-electron chi connectivity index (χ2n) is 5.86. The van der Waals surface area contributed by atoms with E-state index in [9.17, 15) is 0 Å². The van der Waals surface area contributed by atoms with Crippen LogP contribution < -0.4 is 4.74 Å². The van der Waals surface area contributed by atoms with Gasteiger partial charge in [-0.2, -0.15) is 0 Å². The summed E-state index contributed by atoms with van der Waals surface area (Å²) in [5, 5.41) is 0. The molecule has 27 heavy (non-hydrogen) atoms. The van der Waals surface area contributed by atoms with Gasteiger partial charge in [0.15, 0.2) is 0 Å². The molecule has 2 nitrogen and oxygen atoms in total. The number of hydrogen-bond acceptors (Lipinski definition) is 2. The van der Waals surface area contributed by atoms with E-state index >= 15 is 0 Å². The Morgan fingerprint density at radius 1 is 1.07 bits per heavy atom. The van der Waals surface area contributed by atoms with Gasteiger partial charge < -0.3 is 4.74 Å². The van der Waals surface area contributed by atoms with E-state index in [-0.39, 0.29) is 0 Å². The molecule has 0 amide bonds. The minimum atomic E-state index is 0.708. The van der Waals surface area contributed by atoms with Crippen LogP contribution in [0.2, 0.25) is 0 Å². The number of benzene rings is 2. The van der Waals surface area contributed by atoms with Crippen LogP contribution in [0.15, 0.2) is 78.0 Å². The Hall–Kier alpha value is -2.87. The Labute approximate surface area is 164 Å². The Bertz CT molecular complexity index is 827. The van der Waals surface area contributed by atoms with Crippen LogP contribution in [0.5, 0.6) is 5.75 Å². The maximum Gasteiger partial charge on any atom is 0.134 e. The van der Waals surface area contributed by atoms with Crippen molar-refractivity contribution in [3.63, 3.8) is 0 Å². The standard InChI is InChI=1S/C17H14O.C6H11N.C2H6/c1-12-8-9-15-11-16(13(2)18-17(15)10-12)14-6-4-3-5-7-14;1-4-5-6(2)7-3;1-2/h3-11H,2H2,1H3;4-5H,1-3H3;1-2H3/b;5-4-,7-6?;. The van der Waals surface area contributed by atoms with Crippen LogP contribution in [0.25, 0.3) is 11.6 Å². The quantitative estimate of drug-likeness (QED) is 0.522. The summed E-state index contributed by atoms with van der Waals surface area (Å²) in [4.78, 5) is 3.91. The van der Waals surface area contributed by atoms with Crippen molar-refractivity contribution in [2.24, 2.45) is 4.99 Å². The second kappa shape index (κ2) is 11.7. The lowest BCUT2D eigenvalue weighted by molar-refractivity contribution is 0.447. The van der Waals surface area contributed by atoms with Gasteiger partial charge in [0.05, 0.1) is 0 Å². The maximum atomic E-state index is 5.82. The molecule has 1 heterocycles. The third-order valence-electron chi connectivity index (χ3n) is 3.85. The lowest BCUT2D eigenvalue weighted by Gasteiger charge is -2.20. The molecule has 0 spiro atoms. The molecule has 0 unspecified atom stereocenters. The molecule has 2 aromatic carbocycles. The van der Waals surface area contributed by atoms with Gasteiger partial charge >= 0.3 is 0 Å². The van der Waals surface area contributed by atoms with Crippen LogP contribution in [0.1, 0.15) is 44.4 Å². The topological polar surface area (TPSA) is 21.6 Å². The fourth-order valence-corrected chi connectivity index (χ4v) is 2.45. The lowest BCUT2D eigenvalue weighted by atomic mass is 9.98. The highest BCUT2D eigenvalue weighted by molar-refractivity contribution is 5.93. The average Bonchev–Trinajstić information content (AvgIpc) is 2.70. The number of fused-ring (bicyclic) bond motifs is 1. The van der Waals surface area contributed by atoms with Crippen LogP contribution >= 0.6 is 0 Å². The highest BCUT2D eigenvalue weighted by Gasteiger charge is 2.16. The van der Waals surface area contributed by atoms with Gasteiger partial charge in [-0.1, -0.05) is 69.0 Å². The molecule has 1 aliphatic heterocycles. The fraction of sp³-hybridized carbons (Fsp3) is 0.240. The monoisotopic (exact) mass is 361 g/mol. The van der Waals surface area contributed by atoms with Crippen LogP contribution in [-0.2, 0) is 0 Å². The van der Waals surface area contributed by atoms with Crippen molar-refractivity contribution < 1.29 is 4.74 Å². The number of aliphatic imine (C=N–C) groups is 1. The number of hydrogen-bond donors (Lipinski definition) is 0. The summed E-state index contributed by atoms with van der Waals surface area (Å²) in [5.41, 5.74) is 5.55. The third kappa shape index (κ3) is 6.74. The van der Waals surface area contributed by atoms with Gasteiger partial charge in [-0.25, -0.2) is 0 Å². The molecule has 0 fully saturated rings. The third-order valence-corrected chi connectivity index (χ3v) is 3.85. The highest BCUT2D eigenvalue weighted by atomic mass is 16.5. The second-order valence-corrected chi connectivity index (χ2v) is 5.86. The SMILES string of the molecule is C/C=C\C(C)=NC.C=C1Oc2cc(C)ccc2C=C1c1ccccc1.CC. The van der Waals surface area contributed by atoms with Gasteiger partial charge in [0, 0.05) is 23.9 Å². The Balaban J connectivity index is 0.000000346. The zero-order chi connectivity index (χ0) is 20.2. The van der Waals surface area contributed by atoms with E-state index in [1.807, 2.05) is 64.1 Å². The van der Waals surface area contributed by atoms with E-state index < -0.39 is 0 Å². The summed E-state index contributed by atoms with van der Waals surface area (Å²) >= 11 is 0. The molecule has 3 rings (SSSR count). The molecule has 0 bridgehead atoms. The van der Waals surface area contributed by atoms with Crippen molar-refractivity contribution in [1.29, 1.82) is 0 Å². The number of nitrogens with zero attached hydrogens (tertiary/aromatic N) is 1. The first-order valence-electron chi connectivity index (χ1n) is 9.36.